The van der Waals surface area contributed by atoms with Gasteiger partial charge < -0.3 is 20.9 Å². The van der Waals surface area contributed by atoms with Crippen LogP contribution in [0, 0.1) is 0 Å². The number of hydrogen-bond donors (Lipinski definition) is 3. The fraction of sp³-hybridized carbons (Fsp3) is 0.240. The molecule has 0 radical (unpaired) electrons. The van der Waals surface area contributed by atoms with Crippen LogP contribution in [0.2, 0.25) is 0 Å². The number of hydrogen-bond acceptors (Lipinski definition) is 4. The molecular formula is C25H26N2O3. The molecule has 3 aromatic carbocycles. The first-order chi connectivity index (χ1) is 14.5. The Labute approximate surface area is 176 Å². The van der Waals surface area contributed by atoms with E-state index in [0.717, 1.165) is 16.7 Å². The number of carbonyl (C=O) groups is 1. The Morgan fingerprint density at radius 1 is 0.900 bits per heavy atom. The van der Waals surface area contributed by atoms with Crippen molar-refractivity contribution in [2.24, 2.45) is 5.73 Å². The van der Waals surface area contributed by atoms with Crippen LogP contribution in [-0.2, 0) is 15.1 Å². The second-order valence-corrected chi connectivity index (χ2v) is 7.80. The third kappa shape index (κ3) is 3.75. The zero-order valence-corrected chi connectivity index (χ0v) is 16.7. The zero-order chi connectivity index (χ0) is 21.0. The van der Waals surface area contributed by atoms with Gasteiger partial charge in [-0.3, -0.25) is 4.79 Å². The van der Waals surface area contributed by atoms with E-state index >= 15 is 0 Å². The number of nitrogens with two attached hydrogens (primary N) is 1. The van der Waals surface area contributed by atoms with Crippen LogP contribution in [0.1, 0.15) is 23.1 Å². The highest BCUT2D eigenvalue weighted by Gasteiger charge is 2.44. The summed E-state index contributed by atoms with van der Waals surface area (Å²) >= 11 is 0. The summed E-state index contributed by atoms with van der Waals surface area (Å²) in [6.45, 7) is 0.311. The van der Waals surface area contributed by atoms with E-state index in [-0.39, 0.29) is 25.5 Å². The maximum Gasteiger partial charge on any atom is 0.222 e. The molecule has 1 amide bonds. The Balaban J connectivity index is 1.78. The fourth-order valence-electron chi connectivity index (χ4n) is 3.96. The molecule has 5 nitrogen and oxygen atoms in total. The van der Waals surface area contributed by atoms with Gasteiger partial charge in [0.1, 0.15) is 11.1 Å². The van der Waals surface area contributed by atoms with Gasteiger partial charge in [0.05, 0.1) is 13.2 Å². The van der Waals surface area contributed by atoms with Crippen LogP contribution in [0.4, 0.5) is 0 Å². The van der Waals surface area contributed by atoms with Gasteiger partial charge in [0.15, 0.2) is 0 Å². The lowest BCUT2D eigenvalue weighted by molar-refractivity contribution is -0.190. The highest BCUT2D eigenvalue weighted by atomic mass is 16.5. The van der Waals surface area contributed by atoms with Gasteiger partial charge in [-0.2, -0.15) is 0 Å². The van der Waals surface area contributed by atoms with Crippen molar-refractivity contribution in [3.8, 4) is 0 Å². The summed E-state index contributed by atoms with van der Waals surface area (Å²) in [5.74, 6) is -0.237. The topological polar surface area (TPSA) is 84.6 Å². The van der Waals surface area contributed by atoms with Crippen molar-refractivity contribution < 1.29 is 14.6 Å². The standard InChI is InChI=1S/C25H26N2O3/c26-22(24(29)17-30-18-24)16-23(28)27-25(19-10-4-1-5-11-19,20-12-6-2-7-13-20)21-14-8-3-9-15-21/h1-15,22,29H,16-18,26H2,(H,27,28)/t22-/m1/s1. The predicted octanol–water partition coefficient (Wildman–Crippen LogP) is 2.57. The van der Waals surface area contributed by atoms with E-state index in [4.69, 9.17) is 10.5 Å². The molecule has 0 aliphatic carbocycles. The average Bonchev–Trinajstić information content (AvgIpc) is 2.77. The number of amides is 1. The summed E-state index contributed by atoms with van der Waals surface area (Å²) in [6.07, 6.45) is -0.00584. The van der Waals surface area contributed by atoms with Crippen molar-refractivity contribution in [1.82, 2.24) is 5.32 Å². The predicted molar refractivity (Wildman–Crippen MR) is 116 cm³/mol. The third-order valence-electron chi connectivity index (χ3n) is 5.75. The summed E-state index contributed by atoms with van der Waals surface area (Å²) in [4.78, 5) is 13.2. The summed E-state index contributed by atoms with van der Waals surface area (Å²) < 4.78 is 5.09. The van der Waals surface area contributed by atoms with E-state index in [2.05, 4.69) is 5.32 Å². The molecule has 0 spiro atoms. The van der Waals surface area contributed by atoms with E-state index < -0.39 is 17.2 Å². The van der Waals surface area contributed by atoms with Crippen LogP contribution in [0.25, 0.3) is 0 Å². The van der Waals surface area contributed by atoms with Crippen molar-refractivity contribution in [3.63, 3.8) is 0 Å². The second kappa shape index (κ2) is 8.40. The summed E-state index contributed by atoms with van der Waals surface area (Å²) in [7, 11) is 0. The van der Waals surface area contributed by atoms with E-state index in [1.807, 2.05) is 91.0 Å². The van der Waals surface area contributed by atoms with Crippen LogP contribution >= 0.6 is 0 Å². The Morgan fingerprint density at radius 2 is 1.30 bits per heavy atom. The van der Waals surface area contributed by atoms with Gasteiger partial charge in [-0.05, 0) is 16.7 Å². The van der Waals surface area contributed by atoms with E-state index in [9.17, 15) is 9.90 Å². The lowest BCUT2D eigenvalue weighted by Gasteiger charge is -2.41. The quantitative estimate of drug-likeness (QED) is 0.531. The minimum Gasteiger partial charge on any atom is -0.383 e. The van der Waals surface area contributed by atoms with E-state index in [1.54, 1.807) is 0 Å². The molecule has 1 heterocycles. The van der Waals surface area contributed by atoms with Gasteiger partial charge in [0.25, 0.3) is 0 Å². The van der Waals surface area contributed by atoms with Gasteiger partial charge in [-0.15, -0.1) is 0 Å². The molecule has 3 aromatic rings. The zero-order valence-electron chi connectivity index (χ0n) is 16.7. The lowest BCUT2D eigenvalue weighted by Crippen LogP contribution is -2.63. The van der Waals surface area contributed by atoms with Crippen LogP contribution in [0.5, 0.6) is 0 Å². The second-order valence-electron chi connectivity index (χ2n) is 7.80. The largest absolute Gasteiger partial charge is 0.383 e. The van der Waals surface area contributed by atoms with Crippen LogP contribution in [0.3, 0.4) is 0 Å². The van der Waals surface area contributed by atoms with E-state index in [1.165, 1.54) is 0 Å². The lowest BCUT2D eigenvalue weighted by atomic mass is 9.76. The maximum absolute atomic E-state index is 13.2. The number of rotatable bonds is 7. The average molecular weight is 402 g/mol. The first-order valence-corrected chi connectivity index (χ1v) is 10.1. The maximum atomic E-state index is 13.2. The Hall–Kier alpha value is -2.99. The van der Waals surface area contributed by atoms with Gasteiger partial charge in [-0.25, -0.2) is 0 Å². The minimum atomic E-state index is -1.15. The molecule has 1 aliphatic heterocycles. The number of aliphatic hydroxyl groups is 1. The van der Waals surface area contributed by atoms with Gasteiger partial charge in [-0.1, -0.05) is 91.0 Å². The van der Waals surface area contributed by atoms with Crippen LogP contribution in [-0.4, -0.2) is 35.9 Å². The molecule has 5 heteroatoms. The smallest absolute Gasteiger partial charge is 0.222 e. The Kier molecular flexibility index (Phi) is 5.68. The molecule has 30 heavy (non-hydrogen) atoms. The van der Waals surface area contributed by atoms with Crippen molar-refractivity contribution in [2.75, 3.05) is 13.2 Å². The highest BCUT2D eigenvalue weighted by molar-refractivity contribution is 5.80. The molecule has 1 fully saturated rings. The van der Waals surface area contributed by atoms with Crippen molar-refractivity contribution in [2.45, 2.75) is 23.6 Å². The molecular weight excluding hydrogens is 376 g/mol. The summed E-state index contributed by atoms with van der Waals surface area (Å²) in [5, 5.41) is 13.7. The molecule has 154 valence electrons. The number of benzene rings is 3. The minimum absolute atomic E-state index is 0.00584. The molecule has 4 rings (SSSR count). The van der Waals surface area contributed by atoms with Gasteiger partial charge in [0.2, 0.25) is 5.91 Å². The van der Waals surface area contributed by atoms with Crippen molar-refractivity contribution >= 4 is 5.91 Å². The van der Waals surface area contributed by atoms with Gasteiger partial charge >= 0.3 is 0 Å². The molecule has 0 aromatic heterocycles. The summed E-state index contributed by atoms with van der Waals surface area (Å²) in [6, 6.07) is 29.0. The third-order valence-corrected chi connectivity index (χ3v) is 5.75. The molecule has 4 N–H and O–H groups in total. The molecule has 0 saturated carbocycles. The summed E-state index contributed by atoms with van der Waals surface area (Å²) in [5.41, 5.74) is 6.94. The van der Waals surface area contributed by atoms with Crippen LogP contribution < -0.4 is 11.1 Å². The number of carbonyl (C=O) groups excluding carboxylic acids is 1. The Bertz CT molecular complexity index is 876. The van der Waals surface area contributed by atoms with E-state index in [0.29, 0.717) is 0 Å². The molecule has 0 unspecified atom stereocenters. The number of nitrogens with one attached hydrogen (secondary N) is 1. The molecule has 1 atom stereocenters. The number of ether oxygens (including phenoxy) is 1. The highest BCUT2D eigenvalue weighted by Crippen LogP contribution is 2.37. The first-order valence-electron chi connectivity index (χ1n) is 10.1. The fourth-order valence-corrected chi connectivity index (χ4v) is 3.96. The monoisotopic (exact) mass is 402 g/mol. The molecule has 0 bridgehead atoms. The van der Waals surface area contributed by atoms with Crippen molar-refractivity contribution in [1.29, 1.82) is 0 Å². The SMILES string of the molecule is N[C@H](CC(=O)NC(c1ccccc1)(c1ccccc1)c1ccccc1)C1(O)COC1. The van der Waals surface area contributed by atoms with Gasteiger partial charge in [0, 0.05) is 12.5 Å². The molecule has 1 aliphatic rings. The van der Waals surface area contributed by atoms with Crippen molar-refractivity contribution in [3.05, 3.63) is 108 Å². The molecule has 1 saturated heterocycles. The Morgan fingerprint density at radius 3 is 1.63 bits per heavy atom. The van der Waals surface area contributed by atoms with Crippen LogP contribution in [0.15, 0.2) is 91.0 Å². The normalized spacial score (nSPS) is 16.3. The first kappa shape index (κ1) is 20.3.